The summed E-state index contributed by atoms with van der Waals surface area (Å²) in [5, 5.41) is 0. The van der Waals surface area contributed by atoms with E-state index in [2.05, 4.69) is 0 Å². The van der Waals surface area contributed by atoms with Gasteiger partial charge in [-0.1, -0.05) is 0 Å². The van der Waals surface area contributed by atoms with E-state index in [1.165, 1.54) is 0 Å². The molecule has 0 radical (unpaired) electrons. The summed E-state index contributed by atoms with van der Waals surface area (Å²) < 4.78 is 20.3. The third-order valence-corrected chi connectivity index (χ3v) is 2.34. The molecule has 0 saturated carbocycles. The van der Waals surface area contributed by atoms with Crippen LogP contribution in [0.3, 0.4) is 0 Å². The highest BCUT2D eigenvalue weighted by atomic mass is 31.2. The monoisotopic (exact) mass is 196 g/mol. The molecule has 0 unspecified atom stereocenters. The van der Waals surface area contributed by atoms with E-state index in [0.29, 0.717) is 19.6 Å². The Labute approximate surface area is 70.8 Å². The Balaban J connectivity index is 1.85. The van der Waals surface area contributed by atoms with Crippen LogP contribution in [0.15, 0.2) is 0 Å². The second-order valence-electron chi connectivity index (χ2n) is 2.77. The molecule has 5 nitrogen and oxygen atoms in total. The summed E-state index contributed by atoms with van der Waals surface area (Å²) in [4.78, 5) is 16.9. The van der Waals surface area contributed by atoms with Crippen LogP contribution in [0, 0.1) is 0 Å². The van der Waals surface area contributed by atoms with Gasteiger partial charge in [0.05, 0.1) is 19.4 Å². The molecule has 2 N–H and O–H groups in total. The fourth-order valence-electron chi connectivity index (χ4n) is 0.752. The Bertz CT molecular complexity index is 173. The van der Waals surface area contributed by atoms with Gasteiger partial charge in [0.2, 0.25) is 0 Å². The highest BCUT2D eigenvalue weighted by molar-refractivity contribution is 7.51. The molecular weight excluding hydrogens is 183 g/mol. The maximum absolute atomic E-state index is 10.4. The van der Waals surface area contributed by atoms with Crippen LogP contribution in [0.2, 0.25) is 0 Å². The molecule has 0 bridgehead atoms. The third kappa shape index (κ3) is 5.69. The topological polar surface area (TPSA) is 79.3 Å². The summed E-state index contributed by atoms with van der Waals surface area (Å²) >= 11 is 0. The van der Waals surface area contributed by atoms with Gasteiger partial charge < -0.3 is 19.3 Å². The molecule has 0 aromatic rings. The summed E-state index contributed by atoms with van der Waals surface area (Å²) in [6, 6.07) is 0. The minimum atomic E-state index is -3.83. The fourth-order valence-corrected chi connectivity index (χ4v) is 1.29. The van der Waals surface area contributed by atoms with Crippen molar-refractivity contribution >= 4 is 7.60 Å². The fraction of sp³-hybridized carbons (Fsp3) is 1.00. The first-order valence-corrected chi connectivity index (χ1v) is 5.61. The van der Waals surface area contributed by atoms with E-state index in [1.807, 2.05) is 0 Å². The summed E-state index contributed by atoms with van der Waals surface area (Å²) in [7, 11) is -3.83. The maximum Gasteiger partial charge on any atom is 0.325 e. The van der Waals surface area contributed by atoms with Crippen molar-refractivity contribution in [2.75, 3.05) is 26.0 Å². The van der Waals surface area contributed by atoms with Gasteiger partial charge in [-0.15, -0.1) is 0 Å². The number of rotatable bonds is 6. The Morgan fingerprint density at radius 2 is 2.25 bits per heavy atom. The van der Waals surface area contributed by atoms with E-state index in [4.69, 9.17) is 19.3 Å². The molecular formula is C6H13O5P. The molecule has 0 aromatic carbocycles. The first-order chi connectivity index (χ1) is 5.58. The summed E-state index contributed by atoms with van der Waals surface area (Å²) in [5.41, 5.74) is 0. The first kappa shape index (κ1) is 10.2. The van der Waals surface area contributed by atoms with Crippen molar-refractivity contribution in [1.82, 2.24) is 0 Å². The number of hydrogen-bond donors (Lipinski definition) is 2. The van der Waals surface area contributed by atoms with Crippen molar-refractivity contribution in [3.63, 3.8) is 0 Å². The number of hydrogen-bond acceptors (Lipinski definition) is 3. The van der Waals surface area contributed by atoms with E-state index >= 15 is 0 Å². The summed E-state index contributed by atoms with van der Waals surface area (Å²) in [6.07, 6.45) is 0.523. The van der Waals surface area contributed by atoms with Crippen LogP contribution in [-0.4, -0.2) is 41.9 Å². The lowest BCUT2D eigenvalue weighted by Gasteiger charge is -2.03. The van der Waals surface area contributed by atoms with Gasteiger partial charge in [0.1, 0.15) is 6.10 Å². The molecule has 6 heteroatoms. The molecule has 1 saturated heterocycles. The van der Waals surface area contributed by atoms with Gasteiger partial charge in [-0.05, 0) is 6.42 Å². The van der Waals surface area contributed by atoms with Crippen molar-refractivity contribution in [3.8, 4) is 0 Å². The number of epoxide rings is 1. The molecule has 1 aliphatic heterocycles. The van der Waals surface area contributed by atoms with E-state index in [0.717, 1.165) is 6.61 Å². The third-order valence-electron chi connectivity index (χ3n) is 1.44. The van der Waals surface area contributed by atoms with Crippen LogP contribution in [0.1, 0.15) is 6.42 Å². The lowest BCUT2D eigenvalue weighted by Crippen LogP contribution is -2.04. The van der Waals surface area contributed by atoms with Crippen molar-refractivity contribution in [2.24, 2.45) is 0 Å². The van der Waals surface area contributed by atoms with Crippen LogP contribution >= 0.6 is 7.60 Å². The van der Waals surface area contributed by atoms with E-state index in [-0.39, 0.29) is 12.3 Å². The second-order valence-corrected chi connectivity index (χ2v) is 4.55. The van der Waals surface area contributed by atoms with Gasteiger partial charge in [-0.2, -0.15) is 0 Å². The molecule has 1 rings (SSSR count). The van der Waals surface area contributed by atoms with Gasteiger partial charge in [-0.3, -0.25) is 4.57 Å². The Hall–Kier alpha value is 0.0700. The van der Waals surface area contributed by atoms with Crippen molar-refractivity contribution < 1.29 is 23.8 Å². The molecule has 1 aliphatic rings. The van der Waals surface area contributed by atoms with Crippen LogP contribution < -0.4 is 0 Å². The van der Waals surface area contributed by atoms with Crippen LogP contribution in [0.5, 0.6) is 0 Å². The Morgan fingerprint density at radius 3 is 2.75 bits per heavy atom. The first-order valence-electron chi connectivity index (χ1n) is 3.82. The highest BCUT2D eigenvalue weighted by Gasteiger charge is 2.22. The zero-order valence-electron chi connectivity index (χ0n) is 6.68. The van der Waals surface area contributed by atoms with Gasteiger partial charge in [0, 0.05) is 6.61 Å². The van der Waals surface area contributed by atoms with Crippen molar-refractivity contribution in [2.45, 2.75) is 12.5 Å². The SMILES string of the molecule is O=P(O)(O)CCCOC[C@H]1CO1. The van der Waals surface area contributed by atoms with Gasteiger partial charge in [0.25, 0.3) is 0 Å². The highest BCUT2D eigenvalue weighted by Crippen LogP contribution is 2.34. The lowest BCUT2D eigenvalue weighted by atomic mass is 10.5. The van der Waals surface area contributed by atoms with E-state index in [9.17, 15) is 4.57 Å². The maximum atomic E-state index is 10.4. The zero-order chi connectivity index (χ0) is 9.03. The molecule has 0 amide bonds. The minimum absolute atomic E-state index is 0.0987. The van der Waals surface area contributed by atoms with Crippen LogP contribution in [-0.2, 0) is 14.0 Å². The average Bonchev–Trinajstić information content (AvgIpc) is 2.68. The van der Waals surface area contributed by atoms with Crippen LogP contribution in [0.4, 0.5) is 0 Å². The van der Waals surface area contributed by atoms with Gasteiger partial charge >= 0.3 is 7.60 Å². The molecule has 12 heavy (non-hydrogen) atoms. The number of ether oxygens (including phenoxy) is 2. The molecule has 0 aromatic heterocycles. The molecule has 1 fully saturated rings. The Morgan fingerprint density at radius 1 is 1.58 bits per heavy atom. The molecule has 1 heterocycles. The van der Waals surface area contributed by atoms with Gasteiger partial charge in [0.15, 0.2) is 0 Å². The van der Waals surface area contributed by atoms with E-state index in [1.54, 1.807) is 0 Å². The quantitative estimate of drug-likeness (QED) is 0.354. The smallest absolute Gasteiger partial charge is 0.325 e. The molecule has 1 atom stereocenters. The normalized spacial score (nSPS) is 22.7. The minimum Gasteiger partial charge on any atom is -0.379 e. The molecule has 0 spiro atoms. The average molecular weight is 196 g/mol. The largest absolute Gasteiger partial charge is 0.379 e. The standard InChI is InChI=1S/C6H13O5P/c7-12(8,9)3-1-2-10-4-6-5-11-6/h6H,1-5H2,(H2,7,8,9)/t6-/m0/s1. The predicted octanol–water partition coefficient (Wildman–Crippen LogP) is -0.0304. The Kier molecular flexibility index (Phi) is 3.68. The van der Waals surface area contributed by atoms with Gasteiger partial charge in [-0.25, -0.2) is 0 Å². The predicted molar refractivity (Wildman–Crippen MR) is 42.1 cm³/mol. The van der Waals surface area contributed by atoms with Crippen LogP contribution in [0.25, 0.3) is 0 Å². The van der Waals surface area contributed by atoms with E-state index < -0.39 is 7.60 Å². The molecule has 72 valence electrons. The summed E-state index contributed by atoms with van der Waals surface area (Å²) in [5.74, 6) is 0. The molecule has 0 aliphatic carbocycles. The van der Waals surface area contributed by atoms with Crippen molar-refractivity contribution in [1.29, 1.82) is 0 Å². The summed E-state index contributed by atoms with van der Waals surface area (Å²) in [6.45, 7) is 1.69. The lowest BCUT2D eigenvalue weighted by molar-refractivity contribution is 0.116. The zero-order valence-corrected chi connectivity index (χ0v) is 7.57. The second kappa shape index (κ2) is 4.35. The van der Waals surface area contributed by atoms with Crippen molar-refractivity contribution in [3.05, 3.63) is 0 Å².